The molecule has 5 nitrogen and oxygen atoms in total. The Balaban J connectivity index is 2.61. The van der Waals surface area contributed by atoms with Gasteiger partial charge in [0.15, 0.2) is 6.29 Å². The molecule has 0 aromatic heterocycles. The highest BCUT2D eigenvalue weighted by atomic mass is 79.9. The third-order valence-corrected chi connectivity index (χ3v) is 2.83. The van der Waals surface area contributed by atoms with Crippen molar-refractivity contribution in [3.05, 3.63) is 28.2 Å². The van der Waals surface area contributed by atoms with Crippen LogP contribution in [0.15, 0.2) is 22.7 Å². The van der Waals surface area contributed by atoms with Crippen LogP contribution < -0.4 is 5.32 Å². The van der Waals surface area contributed by atoms with E-state index in [9.17, 15) is 9.90 Å². The Morgan fingerprint density at radius 1 is 1.37 bits per heavy atom. The van der Waals surface area contributed by atoms with Gasteiger partial charge in [-0.2, -0.15) is 0 Å². The number of phenolic OH excluding ortho intramolecular Hbond substituents is 1. The van der Waals surface area contributed by atoms with Gasteiger partial charge in [0.05, 0.1) is 12.1 Å². The monoisotopic (exact) mass is 331 g/mol. The van der Waals surface area contributed by atoms with Crippen LogP contribution in [0.2, 0.25) is 0 Å². The van der Waals surface area contributed by atoms with E-state index in [2.05, 4.69) is 21.2 Å². The maximum Gasteiger partial charge on any atom is 0.255 e. The molecular formula is C13H18BrNO4. The molecule has 0 heterocycles. The highest BCUT2D eigenvalue weighted by Crippen LogP contribution is 2.21. The smallest absolute Gasteiger partial charge is 0.255 e. The predicted octanol–water partition coefficient (Wildman–Crippen LogP) is 2.28. The van der Waals surface area contributed by atoms with E-state index in [4.69, 9.17) is 9.47 Å². The molecule has 0 radical (unpaired) electrons. The highest BCUT2D eigenvalue weighted by molar-refractivity contribution is 9.10. The van der Waals surface area contributed by atoms with Gasteiger partial charge in [-0.1, -0.05) is 15.9 Å². The number of hydrogen-bond donors (Lipinski definition) is 2. The van der Waals surface area contributed by atoms with Gasteiger partial charge in [-0.05, 0) is 32.0 Å². The van der Waals surface area contributed by atoms with Crippen LogP contribution in [0, 0.1) is 0 Å². The standard InChI is InChI=1S/C13H18BrNO4/c1-3-18-12(19-4-2)8-15-13(17)10-7-9(14)5-6-11(10)16/h5-7,12,16H,3-4,8H2,1-2H3,(H,15,17). The topological polar surface area (TPSA) is 67.8 Å². The Hall–Kier alpha value is -1.11. The van der Waals surface area contributed by atoms with Crippen molar-refractivity contribution in [3.63, 3.8) is 0 Å². The molecule has 0 unspecified atom stereocenters. The van der Waals surface area contributed by atoms with Crippen LogP contribution in [0.1, 0.15) is 24.2 Å². The molecule has 0 fully saturated rings. The molecule has 1 aromatic carbocycles. The van der Waals surface area contributed by atoms with E-state index in [1.807, 2.05) is 13.8 Å². The third kappa shape index (κ3) is 5.18. The van der Waals surface area contributed by atoms with Crippen molar-refractivity contribution in [2.45, 2.75) is 20.1 Å². The Morgan fingerprint density at radius 3 is 2.58 bits per heavy atom. The minimum absolute atomic E-state index is 0.0648. The van der Waals surface area contributed by atoms with E-state index >= 15 is 0 Å². The number of amides is 1. The number of carbonyl (C=O) groups is 1. The Labute approximate surface area is 121 Å². The van der Waals surface area contributed by atoms with Crippen molar-refractivity contribution in [2.75, 3.05) is 19.8 Å². The fourth-order valence-corrected chi connectivity index (χ4v) is 1.86. The molecule has 0 spiro atoms. The zero-order chi connectivity index (χ0) is 14.3. The van der Waals surface area contributed by atoms with E-state index in [0.29, 0.717) is 13.2 Å². The van der Waals surface area contributed by atoms with Crippen LogP contribution in [0.3, 0.4) is 0 Å². The van der Waals surface area contributed by atoms with Crippen molar-refractivity contribution >= 4 is 21.8 Å². The predicted molar refractivity (Wildman–Crippen MR) is 75.2 cm³/mol. The summed E-state index contributed by atoms with van der Waals surface area (Å²) in [5.41, 5.74) is 0.209. The molecule has 0 aliphatic rings. The molecular weight excluding hydrogens is 314 g/mol. The van der Waals surface area contributed by atoms with Crippen LogP contribution in [-0.4, -0.2) is 37.1 Å². The van der Waals surface area contributed by atoms with Crippen molar-refractivity contribution < 1.29 is 19.4 Å². The van der Waals surface area contributed by atoms with Crippen molar-refractivity contribution in [1.29, 1.82) is 0 Å². The molecule has 1 amide bonds. The lowest BCUT2D eigenvalue weighted by molar-refractivity contribution is -0.131. The fourth-order valence-electron chi connectivity index (χ4n) is 1.50. The molecule has 106 valence electrons. The van der Waals surface area contributed by atoms with Gasteiger partial charge in [-0.3, -0.25) is 4.79 Å². The van der Waals surface area contributed by atoms with Crippen molar-refractivity contribution in [3.8, 4) is 5.75 Å². The minimum Gasteiger partial charge on any atom is -0.507 e. The zero-order valence-electron chi connectivity index (χ0n) is 11.0. The summed E-state index contributed by atoms with van der Waals surface area (Å²) in [4.78, 5) is 11.9. The number of aromatic hydroxyl groups is 1. The summed E-state index contributed by atoms with van der Waals surface area (Å²) in [6.45, 7) is 4.94. The largest absolute Gasteiger partial charge is 0.507 e. The number of carbonyl (C=O) groups excluding carboxylic acids is 1. The highest BCUT2D eigenvalue weighted by Gasteiger charge is 2.14. The summed E-state index contributed by atoms with van der Waals surface area (Å²) >= 11 is 3.25. The molecule has 0 aliphatic heterocycles. The summed E-state index contributed by atoms with van der Waals surface area (Å²) in [5.74, 6) is -0.437. The molecule has 0 aliphatic carbocycles. The van der Waals surface area contributed by atoms with Crippen LogP contribution in [-0.2, 0) is 9.47 Å². The number of rotatable bonds is 7. The second kappa shape index (κ2) is 8.14. The Kier molecular flexibility index (Phi) is 6.83. The molecule has 1 aromatic rings. The second-order valence-corrected chi connectivity index (χ2v) is 4.63. The molecule has 19 heavy (non-hydrogen) atoms. The van der Waals surface area contributed by atoms with E-state index in [1.165, 1.54) is 6.07 Å². The van der Waals surface area contributed by atoms with Crippen molar-refractivity contribution in [1.82, 2.24) is 5.32 Å². The fraction of sp³-hybridized carbons (Fsp3) is 0.462. The van der Waals surface area contributed by atoms with Gasteiger partial charge in [0.1, 0.15) is 5.75 Å². The van der Waals surface area contributed by atoms with E-state index in [0.717, 1.165) is 4.47 Å². The van der Waals surface area contributed by atoms with Gasteiger partial charge in [0.25, 0.3) is 5.91 Å². The molecule has 1 rings (SSSR count). The lowest BCUT2D eigenvalue weighted by Gasteiger charge is -2.17. The second-order valence-electron chi connectivity index (χ2n) is 3.71. The van der Waals surface area contributed by atoms with Crippen molar-refractivity contribution in [2.24, 2.45) is 0 Å². The van der Waals surface area contributed by atoms with Gasteiger partial charge in [0.2, 0.25) is 0 Å². The van der Waals surface area contributed by atoms with Crippen LogP contribution in [0.5, 0.6) is 5.75 Å². The summed E-state index contributed by atoms with van der Waals surface area (Å²) in [6.07, 6.45) is -0.478. The summed E-state index contributed by atoms with van der Waals surface area (Å²) in [6, 6.07) is 4.68. The maximum atomic E-state index is 11.9. The first-order chi connectivity index (χ1) is 9.08. The van der Waals surface area contributed by atoms with Gasteiger partial charge in [0, 0.05) is 17.7 Å². The summed E-state index contributed by atoms with van der Waals surface area (Å²) in [5, 5.41) is 12.3. The van der Waals surface area contributed by atoms with Crippen LogP contribution in [0.25, 0.3) is 0 Å². The van der Waals surface area contributed by atoms with Gasteiger partial charge in [-0.25, -0.2) is 0 Å². The SMILES string of the molecule is CCOC(CNC(=O)c1cc(Br)ccc1O)OCC. The van der Waals surface area contributed by atoms with Gasteiger partial charge < -0.3 is 19.9 Å². The summed E-state index contributed by atoms with van der Waals surface area (Å²) < 4.78 is 11.4. The first kappa shape index (κ1) is 15.9. The number of benzene rings is 1. The lowest BCUT2D eigenvalue weighted by atomic mass is 10.2. The zero-order valence-corrected chi connectivity index (χ0v) is 12.6. The van der Waals surface area contributed by atoms with E-state index in [-0.39, 0.29) is 23.8 Å². The normalized spacial score (nSPS) is 10.7. The van der Waals surface area contributed by atoms with E-state index < -0.39 is 6.29 Å². The molecule has 0 saturated carbocycles. The number of halogens is 1. The Bertz CT molecular complexity index is 419. The number of hydrogen-bond acceptors (Lipinski definition) is 4. The molecule has 6 heteroatoms. The first-order valence-corrected chi connectivity index (χ1v) is 6.87. The Morgan fingerprint density at radius 2 is 2.00 bits per heavy atom. The third-order valence-electron chi connectivity index (χ3n) is 2.34. The average Bonchev–Trinajstić information content (AvgIpc) is 2.39. The summed E-state index contributed by atoms with van der Waals surface area (Å²) in [7, 11) is 0. The van der Waals surface area contributed by atoms with Gasteiger partial charge in [-0.15, -0.1) is 0 Å². The number of phenols is 1. The maximum absolute atomic E-state index is 11.9. The minimum atomic E-state index is -0.478. The molecule has 0 saturated heterocycles. The van der Waals surface area contributed by atoms with Gasteiger partial charge >= 0.3 is 0 Å². The molecule has 0 bridgehead atoms. The molecule has 2 N–H and O–H groups in total. The van der Waals surface area contributed by atoms with Crippen LogP contribution in [0.4, 0.5) is 0 Å². The van der Waals surface area contributed by atoms with Crippen LogP contribution >= 0.6 is 15.9 Å². The quantitative estimate of drug-likeness (QED) is 0.752. The number of nitrogens with one attached hydrogen (secondary N) is 1. The number of ether oxygens (including phenoxy) is 2. The molecule has 0 atom stereocenters. The first-order valence-electron chi connectivity index (χ1n) is 6.08. The van der Waals surface area contributed by atoms with E-state index in [1.54, 1.807) is 12.1 Å². The average molecular weight is 332 g/mol. The lowest BCUT2D eigenvalue weighted by Crippen LogP contribution is -2.35.